The maximum atomic E-state index is 13.6. The summed E-state index contributed by atoms with van der Waals surface area (Å²) in [5.74, 6) is -1.59. The molecule has 8 nitrogen and oxygen atoms in total. The number of rotatable bonds is 7. The Hall–Kier alpha value is -2.67. The van der Waals surface area contributed by atoms with Gasteiger partial charge in [-0.3, -0.25) is 14.9 Å². The lowest BCUT2D eigenvalue weighted by Crippen LogP contribution is -2.24. The lowest BCUT2D eigenvalue weighted by Gasteiger charge is -2.03. The van der Waals surface area contributed by atoms with Crippen molar-refractivity contribution < 1.29 is 22.4 Å². The first-order valence-electron chi connectivity index (χ1n) is 8.11. The van der Waals surface area contributed by atoms with Crippen LogP contribution in [-0.2, 0) is 27.8 Å². The second kappa shape index (κ2) is 8.78. The van der Waals surface area contributed by atoms with Gasteiger partial charge < -0.3 is 5.32 Å². The van der Waals surface area contributed by atoms with E-state index in [1.807, 2.05) is 0 Å². The fourth-order valence-corrected chi connectivity index (χ4v) is 4.70. The Morgan fingerprint density at radius 1 is 1.17 bits per heavy atom. The Labute approximate surface area is 173 Å². The highest BCUT2D eigenvalue weighted by molar-refractivity contribution is 7.91. The number of nitrogens with two attached hydrogens (primary N) is 1. The van der Waals surface area contributed by atoms with Gasteiger partial charge in [0.15, 0.2) is 5.13 Å². The zero-order valence-corrected chi connectivity index (χ0v) is 17.2. The molecule has 0 bridgehead atoms. The summed E-state index contributed by atoms with van der Waals surface area (Å²) in [6.07, 6.45) is -0.0283. The van der Waals surface area contributed by atoms with Gasteiger partial charge in [0.2, 0.25) is 15.9 Å². The summed E-state index contributed by atoms with van der Waals surface area (Å²) in [5, 5.41) is 12.1. The third-order valence-corrected chi connectivity index (χ3v) is 6.94. The molecule has 4 N–H and O–H groups in total. The first-order valence-corrected chi connectivity index (χ1v) is 11.3. The summed E-state index contributed by atoms with van der Waals surface area (Å²) in [7, 11) is -3.76. The Bertz CT molecular complexity index is 1160. The van der Waals surface area contributed by atoms with Crippen LogP contribution in [0.25, 0.3) is 0 Å². The van der Waals surface area contributed by atoms with E-state index < -0.39 is 21.7 Å². The van der Waals surface area contributed by atoms with E-state index in [0.717, 1.165) is 22.7 Å². The fraction of sp³-hybridized carbons (Fsp3) is 0.118. The van der Waals surface area contributed by atoms with Crippen molar-refractivity contribution in [2.24, 2.45) is 5.14 Å². The number of halogens is 1. The summed E-state index contributed by atoms with van der Waals surface area (Å²) >= 11 is 2.10. The largest absolute Gasteiger partial charge is 0.351 e. The van der Waals surface area contributed by atoms with Crippen LogP contribution in [0.4, 0.5) is 9.52 Å². The third-order valence-electron chi connectivity index (χ3n) is 3.61. The van der Waals surface area contributed by atoms with E-state index in [1.165, 1.54) is 24.3 Å². The van der Waals surface area contributed by atoms with Crippen LogP contribution in [0.5, 0.6) is 0 Å². The first kappa shape index (κ1) is 21.0. The summed E-state index contributed by atoms with van der Waals surface area (Å²) in [6.45, 7) is 0.153. The van der Waals surface area contributed by atoms with Gasteiger partial charge in [-0.05, 0) is 24.3 Å². The molecule has 0 aliphatic carbocycles. The summed E-state index contributed by atoms with van der Waals surface area (Å²) < 4.78 is 36.2. The maximum Gasteiger partial charge on any atom is 0.260 e. The van der Waals surface area contributed by atoms with Crippen LogP contribution in [-0.4, -0.2) is 25.2 Å². The van der Waals surface area contributed by atoms with Crippen LogP contribution >= 0.6 is 22.7 Å². The molecule has 12 heteroatoms. The van der Waals surface area contributed by atoms with Crippen molar-refractivity contribution in [2.75, 3.05) is 5.32 Å². The molecule has 2 amide bonds. The number of hydrogen-bond acceptors (Lipinski definition) is 7. The number of carbonyl (C=O) groups is 2. The van der Waals surface area contributed by atoms with Crippen LogP contribution in [0, 0.1) is 5.82 Å². The molecule has 0 aliphatic heterocycles. The molecule has 3 aromatic rings. The molecular weight excluding hydrogens is 439 g/mol. The van der Waals surface area contributed by atoms with E-state index >= 15 is 0 Å². The number of hydrogen-bond donors (Lipinski definition) is 3. The number of nitrogens with zero attached hydrogens (tertiary/aromatic N) is 1. The van der Waals surface area contributed by atoms with E-state index in [2.05, 4.69) is 15.6 Å². The second-order valence-corrected chi connectivity index (χ2v) is 9.61. The van der Waals surface area contributed by atoms with Crippen LogP contribution in [0.3, 0.4) is 0 Å². The minimum absolute atomic E-state index is 0.0245. The molecule has 0 saturated heterocycles. The van der Waals surface area contributed by atoms with E-state index in [0.29, 0.717) is 10.6 Å². The second-order valence-electron chi connectivity index (χ2n) is 5.80. The number of primary sulfonamides is 1. The number of thiophene rings is 1. The predicted molar refractivity (Wildman–Crippen MR) is 108 cm³/mol. The van der Waals surface area contributed by atoms with Crippen LogP contribution in [0.15, 0.2) is 46.0 Å². The maximum absolute atomic E-state index is 13.6. The average Bonchev–Trinajstić information content (AvgIpc) is 3.29. The SMILES string of the molecule is NS(=O)(=O)c1ccc(CNC(=O)Cc2csc(NC(=O)c3ccccc3F)n2)s1. The summed E-state index contributed by atoms with van der Waals surface area (Å²) in [6, 6.07) is 8.54. The minimum Gasteiger partial charge on any atom is -0.351 e. The highest BCUT2D eigenvalue weighted by atomic mass is 32.2. The van der Waals surface area contributed by atoms with E-state index in [9.17, 15) is 22.4 Å². The van der Waals surface area contributed by atoms with Gasteiger partial charge in [0.05, 0.1) is 24.2 Å². The Morgan fingerprint density at radius 2 is 1.93 bits per heavy atom. The van der Waals surface area contributed by atoms with Gasteiger partial charge in [0.25, 0.3) is 5.91 Å². The number of carbonyl (C=O) groups excluding carboxylic acids is 2. The summed E-state index contributed by atoms with van der Waals surface area (Å²) in [4.78, 5) is 28.9. The van der Waals surface area contributed by atoms with Crippen molar-refractivity contribution >= 4 is 49.6 Å². The van der Waals surface area contributed by atoms with Gasteiger partial charge >= 0.3 is 0 Å². The molecule has 0 atom stereocenters. The molecular formula is C17H15FN4O4S3. The Balaban J connectivity index is 1.53. The monoisotopic (exact) mass is 454 g/mol. The van der Waals surface area contributed by atoms with Gasteiger partial charge in [-0.1, -0.05) is 12.1 Å². The van der Waals surface area contributed by atoms with Gasteiger partial charge in [-0.2, -0.15) is 0 Å². The smallest absolute Gasteiger partial charge is 0.260 e. The number of amides is 2. The van der Waals surface area contributed by atoms with E-state index in [-0.39, 0.29) is 33.8 Å². The quantitative estimate of drug-likeness (QED) is 0.503. The van der Waals surface area contributed by atoms with Crippen LogP contribution < -0.4 is 15.8 Å². The Morgan fingerprint density at radius 3 is 2.62 bits per heavy atom. The standard InChI is InChI=1S/C17H15FN4O4S3/c18-13-4-2-1-3-12(13)16(24)22-17-21-10(9-27-17)7-14(23)20-8-11-5-6-15(28-11)29(19,25)26/h1-6,9H,7-8H2,(H,20,23)(H2,19,25,26)(H,21,22,24). The number of sulfonamides is 1. The molecule has 2 heterocycles. The molecule has 29 heavy (non-hydrogen) atoms. The van der Waals surface area contributed by atoms with Crippen molar-refractivity contribution in [1.82, 2.24) is 10.3 Å². The van der Waals surface area contributed by atoms with Gasteiger partial charge in [-0.15, -0.1) is 22.7 Å². The predicted octanol–water partition coefficient (Wildman–Crippen LogP) is 2.10. The van der Waals surface area contributed by atoms with Crippen molar-refractivity contribution in [3.8, 4) is 0 Å². The molecule has 0 unspecified atom stereocenters. The Kier molecular flexibility index (Phi) is 6.37. The van der Waals surface area contributed by atoms with E-state index in [4.69, 9.17) is 5.14 Å². The lowest BCUT2D eigenvalue weighted by atomic mass is 10.2. The molecule has 3 rings (SSSR count). The minimum atomic E-state index is -3.76. The van der Waals surface area contributed by atoms with Crippen molar-refractivity contribution in [3.63, 3.8) is 0 Å². The number of nitrogens with one attached hydrogen (secondary N) is 2. The molecule has 2 aromatic heterocycles. The number of aromatic nitrogens is 1. The number of thiazole rings is 1. The summed E-state index contributed by atoms with van der Waals surface area (Å²) in [5.41, 5.74) is 0.338. The molecule has 1 aromatic carbocycles. The molecule has 0 saturated carbocycles. The van der Waals surface area contributed by atoms with Crippen LogP contribution in [0.2, 0.25) is 0 Å². The van der Waals surface area contributed by atoms with Crippen molar-refractivity contribution in [2.45, 2.75) is 17.2 Å². The van der Waals surface area contributed by atoms with Crippen LogP contribution in [0.1, 0.15) is 20.9 Å². The fourth-order valence-electron chi connectivity index (χ4n) is 2.27. The van der Waals surface area contributed by atoms with Gasteiger partial charge in [-0.25, -0.2) is 22.9 Å². The normalized spacial score (nSPS) is 11.2. The van der Waals surface area contributed by atoms with Crippen molar-refractivity contribution in [3.05, 3.63) is 63.7 Å². The highest BCUT2D eigenvalue weighted by Gasteiger charge is 2.15. The first-order chi connectivity index (χ1) is 13.7. The third kappa shape index (κ3) is 5.67. The number of anilines is 1. The molecule has 0 fully saturated rings. The van der Waals surface area contributed by atoms with E-state index in [1.54, 1.807) is 17.5 Å². The van der Waals surface area contributed by atoms with Gasteiger partial charge in [0, 0.05) is 10.3 Å². The highest BCUT2D eigenvalue weighted by Crippen LogP contribution is 2.20. The van der Waals surface area contributed by atoms with Crippen molar-refractivity contribution in [1.29, 1.82) is 0 Å². The number of benzene rings is 1. The molecule has 0 spiro atoms. The molecule has 0 radical (unpaired) electrons. The zero-order valence-electron chi connectivity index (χ0n) is 14.7. The lowest BCUT2D eigenvalue weighted by molar-refractivity contribution is -0.120. The average molecular weight is 455 g/mol. The molecule has 0 aliphatic rings. The molecule has 152 valence electrons. The van der Waals surface area contributed by atoms with Gasteiger partial charge in [0.1, 0.15) is 10.0 Å². The zero-order chi connectivity index (χ0) is 21.0. The topological polar surface area (TPSA) is 131 Å².